The van der Waals surface area contributed by atoms with Crippen LogP contribution < -0.4 is 5.32 Å². The van der Waals surface area contributed by atoms with Gasteiger partial charge >= 0.3 is 5.97 Å². The minimum Gasteiger partial charge on any atom is -0.480 e. The highest BCUT2D eigenvalue weighted by molar-refractivity contribution is 5.86. The zero-order chi connectivity index (χ0) is 15.3. The molecule has 0 aliphatic carbocycles. The first-order valence-corrected chi connectivity index (χ1v) is 6.83. The summed E-state index contributed by atoms with van der Waals surface area (Å²) in [4.78, 5) is 23.1. The molecule has 0 spiro atoms. The summed E-state index contributed by atoms with van der Waals surface area (Å²) >= 11 is 0. The SMILES string of the molecule is CC(C)C(CC(=O)NC(C)(C)C(=O)O)c1ccccc1. The van der Waals surface area contributed by atoms with Crippen molar-refractivity contribution in [3.63, 3.8) is 0 Å². The number of carboxylic acid groups (broad SMARTS) is 1. The molecule has 0 heterocycles. The molecule has 0 aliphatic rings. The molecule has 0 aliphatic heterocycles. The van der Waals surface area contributed by atoms with E-state index in [2.05, 4.69) is 19.2 Å². The van der Waals surface area contributed by atoms with Crippen LogP contribution in [0.4, 0.5) is 0 Å². The van der Waals surface area contributed by atoms with Crippen LogP contribution in [0.5, 0.6) is 0 Å². The maximum Gasteiger partial charge on any atom is 0.328 e. The van der Waals surface area contributed by atoms with Crippen LogP contribution in [0.15, 0.2) is 30.3 Å². The highest BCUT2D eigenvalue weighted by Gasteiger charge is 2.30. The standard InChI is InChI=1S/C16H23NO3/c1-11(2)13(12-8-6-5-7-9-12)10-14(18)17-16(3,4)15(19)20/h5-9,11,13H,10H2,1-4H3,(H,17,18)(H,19,20). The zero-order valence-electron chi connectivity index (χ0n) is 12.5. The Kier molecular flexibility index (Phi) is 5.31. The second kappa shape index (κ2) is 6.55. The van der Waals surface area contributed by atoms with Crippen LogP contribution in [0, 0.1) is 5.92 Å². The van der Waals surface area contributed by atoms with Crippen LogP contribution in [0.25, 0.3) is 0 Å². The number of aliphatic carboxylic acids is 1. The normalized spacial score (nSPS) is 13.1. The van der Waals surface area contributed by atoms with Crippen LogP contribution in [-0.4, -0.2) is 22.5 Å². The van der Waals surface area contributed by atoms with Gasteiger partial charge < -0.3 is 10.4 Å². The summed E-state index contributed by atoms with van der Waals surface area (Å²) in [5.74, 6) is -0.886. The van der Waals surface area contributed by atoms with Crippen LogP contribution in [-0.2, 0) is 9.59 Å². The van der Waals surface area contributed by atoms with E-state index < -0.39 is 11.5 Å². The summed E-state index contributed by atoms with van der Waals surface area (Å²) in [5.41, 5.74) is -0.138. The molecule has 4 nitrogen and oxygen atoms in total. The molecule has 0 aromatic heterocycles. The van der Waals surface area contributed by atoms with E-state index in [-0.39, 0.29) is 11.8 Å². The minimum absolute atomic E-state index is 0.0841. The maximum absolute atomic E-state index is 12.1. The molecular formula is C16H23NO3. The lowest BCUT2D eigenvalue weighted by molar-refractivity contribution is -0.146. The highest BCUT2D eigenvalue weighted by atomic mass is 16.4. The van der Waals surface area contributed by atoms with Gasteiger partial charge in [-0.25, -0.2) is 4.79 Å². The van der Waals surface area contributed by atoms with E-state index in [0.717, 1.165) is 5.56 Å². The average Bonchev–Trinajstić information content (AvgIpc) is 2.36. The summed E-state index contributed by atoms with van der Waals surface area (Å²) < 4.78 is 0. The fraction of sp³-hybridized carbons (Fsp3) is 0.500. The number of rotatable bonds is 6. The molecule has 0 saturated heterocycles. The Hall–Kier alpha value is -1.84. The van der Waals surface area contributed by atoms with Gasteiger partial charge in [-0.05, 0) is 31.2 Å². The van der Waals surface area contributed by atoms with E-state index in [4.69, 9.17) is 5.11 Å². The second-order valence-electron chi connectivity index (χ2n) is 5.94. The molecule has 1 unspecified atom stereocenters. The summed E-state index contributed by atoms with van der Waals surface area (Å²) in [5, 5.41) is 11.6. The largest absolute Gasteiger partial charge is 0.480 e. The third-order valence-electron chi connectivity index (χ3n) is 3.42. The molecule has 1 aromatic carbocycles. The topological polar surface area (TPSA) is 66.4 Å². The predicted octanol–water partition coefficient (Wildman–Crippen LogP) is 2.80. The number of hydrogen-bond donors (Lipinski definition) is 2. The lowest BCUT2D eigenvalue weighted by Gasteiger charge is -2.25. The fourth-order valence-electron chi connectivity index (χ4n) is 2.09. The fourth-order valence-corrected chi connectivity index (χ4v) is 2.09. The van der Waals surface area contributed by atoms with E-state index in [0.29, 0.717) is 12.3 Å². The van der Waals surface area contributed by atoms with Gasteiger partial charge in [-0.3, -0.25) is 4.79 Å². The first kappa shape index (κ1) is 16.2. The van der Waals surface area contributed by atoms with Crippen molar-refractivity contribution in [2.45, 2.75) is 45.6 Å². The van der Waals surface area contributed by atoms with Gasteiger partial charge in [0.15, 0.2) is 0 Å². The predicted molar refractivity (Wildman–Crippen MR) is 78.5 cm³/mol. The Morgan fingerprint density at radius 2 is 1.75 bits per heavy atom. The molecule has 1 aromatic rings. The highest BCUT2D eigenvalue weighted by Crippen LogP contribution is 2.27. The van der Waals surface area contributed by atoms with Crippen LogP contribution in [0.1, 0.15) is 45.6 Å². The van der Waals surface area contributed by atoms with Gasteiger partial charge in [-0.1, -0.05) is 44.2 Å². The maximum atomic E-state index is 12.1. The van der Waals surface area contributed by atoms with Crippen molar-refractivity contribution < 1.29 is 14.7 Å². The first-order valence-electron chi connectivity index (χ1n) is 6.83. The molecule has 0 saturated carbocycles. The van der Waals surface area contributed by atoms with Gasteiger partial charge in [0.1, 0.15) is 5.54 Å². The Morgan fingerprint density at radius 3 is 2.20 bits per heavy atom. The minimum atomic E-state index is -1.24. The van der Waals surface area contributed by atoms with Crippen molar-refractivity contribution in [3.8, 4) is 0 Å². The van der Waals surface area contributed by atoms with Crippen LogP contribution >= 0.6 is 0 Å². The number of hydrogen-bond acceptors (Lipinski definition) is 2. The second-order valence-corrected chi connectivity index (χ2v) is 5.94. The van der Waals surface area contributed by atoms with Gasteiger partial charge in [0, 0.05) is 6.42 Å². The van der Waals surface area contributed by atoms with E-state index in [9.17, 15) is 9.59 Å². The Morgan fingerprint density at radius 1 is 1.20 bits per heavy atom. The molecule has 4 heteroatoms. The summed E-state index contributed by atoms with van der Waals surface area (Å²) in [6.07, 6.45) is 0.290. The molecule has 110 valence electrons. The molecule has 0 fully saturated rings. The zero-order valence-corrected chi connectivity index (χ0v) is 12.5. The van der Waals surface area contributed by atoms with Gasteiger partial charge in [0.05, 0.1) is 0 Å². The number of carbonyl (C=O) groups excluding carboxylic acids is 1. The van der Waals surface area contributed by atoms with Crippen molar-refractivity contribution in [1.82, 2.24) is 5.32 Å². The van der Waals surface area contributed by atoms with Gasteiger partial charge in [0.2, 0.25) is 5.91 Å². The Balaban J connectivity index is 2.78. The summed E-state index contributed by atoms with van der Waals surface area (Å²) in [6, 6.07) is 9.84. The van der Waals surface area contributed by atoms with Gasteiger partial charge in [-0.2, -0.15) is 0 Å². The molecular weight excluding hydrogens is 254 g/mol. The molecule has 1 atom stereocenters. The quantitative estimate of drug-likeness (QED) is 0.840. The van der Waals surface area contributed by atoms with Crippen molar-refractivity contribution in [2.24, 2.45) is 5.92 Å². The van der Waals surface area contributed by atoms with E-state index >= 15 is 0 Å². The number of nitrogens with one attached hydrogen (secondary N) is 1. The number of benzene rings is 1. The van der Waals surface area contributed by atoms with Crippen molar-refractivity contribution >= 4 is 11.9 Å². The lowest BCUT2D eigenvalue weighted by atomic mass is 9.85. The number of carboxylic acids is 1. The van der Waals surface area contributed by atoms with Gasteiger partial charge in [-0.15, -0.1) is 0 Å². The molecule has 1 amide bonds. The number of amides is 1. The van der Waals surface area contributed by atoms with Crippen LogP contribution in [0.3, 0.4) is 0 Å². The van der Waals surface area contributed by atoms with Crippen LogP contribution in [0.2, 0.25) is 0 Å². The number of carbonyl (C=O) groups is 2. The smallest absolute Gasteiger partial charge is 0.328 e. The monoisotopic (exact) mass is 277 g/mol. The molecule has 1 rings (SSSR count). The van der Waals surface area contributed by atoms with E-state index in [1.54, 1.807) is 0 Å². The average molecular weight is 277 g/mol. The van der Waals surface area contributed by atoms with Crippen molar-refractivity contribution in [3.05, 3.63) is 35.9 Å². The Bertz CT molecular complexity index is 466. The molecule has 20 heavy (non-hydrogen) atoms. The lowest BCUT2D eigenvalue weighted by Crippen LogP contribution is -2.50. The molecule has 0 bridgehead atoms. The third kappa shape index (κ3) is 4.37. The Labute approximate surface area is 120 Å². The summed E-state index contributed by atoms with van der Waals surface area (Å²) in [6.45, 7) is 7.10. The first-order chi connectivity index (χ1) is 9.24. The molecule has 0 radical (unpaired) electrons. The van der Waals surface area contributed by atoms with Gasteiger partial charge in [0.25, 0.3) is 0 Å². The van der Waals surface area contributed by atoms with E-state index in [1.165, 1.54) is 13.8 Å². The van der Waals surface area contributed by atoms with E-state index in [1.807, 2.05) is 30.3 Å². The van der Waals surface area contributed by atoms with Crippen molar-refractivity contribution in [2.75, 3.05) is 0 Å². The van der Waals surface area contributed by atoms with Crippen molar-refractivity contribution in [1.29, 1.82) is 0 Å². The molecule has 2 N–H and O–H groups in total. The third-order valence-corrected chi connectivity index (χ3v) is 3.42. The summed E-state index contributed by atoms with van der Waals surface area (Å²) in [7, 11) is 0.